The SMILES string of the molecule is CCCN1CCN(C[C@@H](C)O)CC1. The first-order valence-corrected chi connectivity index (χ1v) is 5.35. The maximum absolute atomic E-state index is 9.22. The summed E-state index contributed by atoms with van der Waals surface area (Å²) in [5.41, 5.74) is 0. The molecule has 1 aliphatic rings. The standard InChI is InChI=1S/C10H22N2O/c1-3-4-11-5-7-12(8-6-11)9-10(2)13/h10,13H,3-9H2,1-2H3/t10-/m1/s1. The molecule has 0 aliphatic carbocycles. The molecule has 1 fully saturated rings. The predicted molar refractivity (Wildman–Crippen MR) is 54.9 cm³/mol. The number of piperazine rings is 1. The van der Waals surface area contributed by atoms with Gasteiger partial charge in [-0.3, -0.25) is 4.90 Å². The molecule has 3 nitrogen and oxygen atoms in total. The summed E-state index contributed by atoms with van der Waals surface area (Å²) in [6.45, 7) is 10.7. The Labute approximate surface area is 81.3 Å². The third-order valence-corrected chi connectivity index (χ3v) is 2.53. The Hall–Kier alpha value is -0.120. The molecule has 0 amide bonds. The Morgan fingerprint density at radius 3 is 2.15 bits per heavy atom. The van der Waals surface area contributed by atoms with E-state index < -0.39 is 0 Å². The minimum atomic E-state index is -0.183. The number of aliphatic hydroxyl groups is 1. The zero-order chi connectivity index (χ0) is 9.68. The molecular weight excluding hydrogens is 164 g/mol. The molecule has 0 aromatic rings. The molecule has 0 spiro atoms. The highest BCUT2D eigenvalue weighted by molar-refractivity contribution is 4.72. The minimum Gasteiger partial charge on any atom is -0.392 e. The Morgan fingerprint density at radius 1 is 1.15 bits per heavy atom. The van der Waals surface area contributed by atoms with E-state index in [4.69, 9.17) is 0 Å². The zero-order valence-corrected chi connectivity index (χ0v) is 8.87. The van der Waals surface area contributed by atoms with Crippen molar-refractivity contribution in [3.8, 4) is 0 Å². The fourth-order valence-corrected chi connectivity index (χ4v) is 1.89. The van der Waals surface area contributed by atoms with Crippen molar-refractivity contribution < 1.29 is 5.11 Å². The van der Waals surface area contributed by atoms with Crippen LogP contribution >= 0.6 is 0 Å². The molecule has 3 heteroatoms. The molecule has 0 unspecified atom stereocenters. The van der Waals surface area contributed by atoms with Crippen LogP contribution in [0.2, 0.25) is 0 Å². The Balaban J connectivity index is 2.15. The van der Waals surface area contributed by atoms with Gasteiger partial charge < -0.3 is 10.0 Å². The van der Waals surface area contributed by atoms with Crippen LogP contribution in [0.5, 0.6) is 0 Å². The van der Waals surface area contributed by atoms with Gasteiger partial charge in [-0.15, -0.1) is 0 Å². The number of rotatable bonds is 4. The molecule has 1 N–H and O–H groups in total. The fourth-order valence-electron chi connectivity index (χ4n) is 1.89. The van der Waals surface area contributed by atoms with Crippen LogP contribution in [0.25, 0.3) is 0 Å². The van der Waals surface area contributed by atoms with E-state index in [1.165, 1.54) is 26.1 Å². The van der Waals surface area contributed by atoms with Gasteiger partial charge in [0, 0.05) is 32.7 Å². The van der Waals surface area contributed by atoms with E-state index in [0.717, 1.165) is 19.6 Å². The largest absolute Gasteiger partial charge is 0.392 e. The molecule has 13 heavy (non-hydrogen) atoms. The first kappa shape index (κ1) is 11.0. The van der Waals surface area contributed by atoms with Crippen LogP contribution in [0.15, 0.2) is 0 Å². The van der Waals surface area contributed by atoms with E-state index >= 15 is 0 Å². The summed E-state index contributed by atoms with van der Waals surface area (Å²) in [4.78, 5) is 4.84. The Bertz CT molecular complexity index is 131. The topological polar surface area (TPSA) is 26.7 Å². The molecule has 1 rings (SSSR count). The molecular formula is C10H22N2O. The van der Waals surface area contributed by atoms with Crippen LogP contribution < -0.4 is 0 Å². The van der Waals surface area contributed by atoms with Crippen LogP contribution in [0, 0.1) is 0 Å². The molecule has 1 atom stereocenters. The van der Waals surface area contributed by atoms with Gasteiger partial charge in [0.1, 0.15) is 0 Å². The Kier molecular flexibility index (Phi) is 4.70. The number of aliphatic hydroxyl groups excluding tert-OH is 1. The van der Waals surface area contributed by atoms with Crippen molar-refractivity contribution in [1.82, 2.24) is 9.80 Å². The molecule has 1 heterocycles. The van der Waals surface area contributed by atoms with Gasteiger partial charge in [-0.1, -0.05) is 6.92 Å². The summed E-state index contributed by atoms with van der Waals surface area (Å²) in [6.07, 6.45) is 1.06. The van der Waals surface area contributed by atoms with Crippen molar-refractivity contribution in [2.45, 2.75) is 26.4 Å². The summed E-state index contributed by atoms with van der Waals surface area (Å²) < 4.78 is 0. The van der Waals surface area contributed by atoms with Gasteiger partial charge in [-0.25, -0.2) is 0 Å². The lowest BCUT2D eigenvalue weighted by atomic mass is 10.2. The van der Waals surface area contributed by atoms with Crippen LogP contribution in [0.1, 0.15) is 20.3 Å². The van der Waals surface area contributed by atoms with Gasteiger partial charge in [0.05, 0.1) is 6.10 Å². The van der Waals surface area contributed by atoms with Gasteiger partial charge in [-0.05, 0) is 19.9 Å². The van der Waals surface area contributed by atoms with E-state index in [-0.39, 0.29) is 6.10 Å². The summed E-state index contributed by atoms with van der Waals surface area (Å²) >= 11 is 0. The van der Waals surface area contributed by atoms with E-state index in [9.17, 15) is 5.11 Å². The van der Waals surface area contributed by atoms with Crippen molar-refractivity contribution in [3.63, 3.8) is 0 Å². The monoisotopic (exact) mass is 186 g/mol. The lowest BCUT2D eigenvalue weighted by molar-refractivity contribution is 0.0809. The zero-order valence-electron chi connectivity index (χ0n) is 8.87. The van der Waals surface area contributed by atoms with Crippen molar-refractivity contribution in [2.75, 3.05) is 39.3 Å². The Morgan fingerprint density at radius 2 is 1.69 bits per heavy atom. The molecule has 0 bridgehead atoms. The summed E-state index contributed by atoms with van der Waals surface area (Å²) in [5.74, 6) is 0. The number of β-amino-alcohol motifs (C(OH)–C–C–N with tert-alkyl or cyclic N) is 1. The first-order valence-electron chi connectivity index (χ1n) is 5.35. The van der Waals surface area contributed by atoms with Gasteiger partial charge in [0.2, 0.25) is 0 Å². The number of hydrogen-bond acceptors (Lipinski definition) is 3. The number of nitrogens with zero attached hydrogens (tertiary/aromatic N) is 2. The highest BCUT2D eigenvalue weighted by Gasteiger charge is 2.16. The molecule has 1 saturated heterocycles. The second kappa shape index (κ2) is 5.58. The number of hydrogen-bond donors (Lipinski definition) is 1. The second-order valence-electron chi connectivity index (χ2n) is 3.99. The van der Waals surface area contributed by atoms with Crippen molar-refractivity contribution in [2.24, 2.45) is 0 Å². The molecule has 1 aliphatic heterocycles. The fraction of sp³-hybridized carbons (Fsp3) is 1.00. The van der Waals surface area contributed by atoms with Crippen LogP contribution in [0.4, 0.5) is 0 Å². The molecule has 0 radical (unpaired) electrons. The average molecular weight is 186 g/mol. The van der Waals surface area contributed by atoms with Crippen LogP contribution in [-0.2, 0) is 0 Å². The first-order chi connectivity index (χ1) is 6.22. The molecule has 0 saturated carbocycles. The molecule has 78 valence electrons. The quantitative estimate of drug-likeness (QED) is 0.688. The highest BCUT2D eigenvalue weighted by atomic mass is 16.3. The van der Waals surface area contributed by atoms with E-state index in [2.05, 4.69) is 16.7 Å². The maximum atomic E-state index is 9.22. The van der Waals surface area contributed by atoms with E-state index in [1.54, 1.807) is 0 Å². The average Bonchev–Trinajstić information content (AvgIpc) is 2.08. The van der Waals surface area contributed by atoms with Gasteiger partial charge in [-0.2, -0.15) is 0 Å². The van der Waals surface area contributed by atoms with Crippen molar-refractivity contribution >= 4 is 0 Å². The summed E-state index contributed by atoms with van der Waals surface area (Å²) in [5, 5.41) is 9.22. The second-order valence-corrected chi connectivity index (χ2v) is 3.99. The van der Waals surface area contributed by atoms with Gasteiger partial charge >= 0.3 is 0 Å². The van der Waals surface area contributed by atoms with E-state index in [1.807, 2.05) is 6.92 Å². The van der Waals surface area contributed by atoms with E-state index in [0.29, 0.717) is 0 Å². The highest BCUT2D eigenvalue weighted by Crippen LogP contribution is 2.02. The summed E-state index contributed by atoms with van der Waals surface area (Å²) in [6, 6.07) is 0. The van der Waals surface area contributed by atoms with Crippen molar-refractivity contribution in [1.29, 1.82) is 0 Å². The lowest BCUT2D eigenvalue weighted by Gasteiger charge is -2.34. The van der Waals surface area contributed by atoms with Gasteiger partial charge in [0.25, 0.3) is 0 Å². The smallest absolute Gasteiger partial charge is 0.0639 e. The lowest BCUT2D eigenvalue weighted by Crippen LogP contribution is -2.48. The van der Waals surface area contributed by atoms with Crippen molar-refractivity contribution in [3.05, 3.63) is 0 Å². The molecule has 0 aromatic heterocycles. The normalized spacial score (nSPS) is 23.3. The predicted octanol–water partition coefficient (Wildman–Crippen LogP) is 0.395. The van der Waals surface area contributed by atoms with Crippen LogP contribution in [0.3, 0.4) is 0 Å². The maximum Gasteiger partial charge on any atom is 0.0639 e. The third kappa shape index (κ3) is 4.07. The minimum absolute atomic E-state index is 0.183. The summed E-state index contributed by atoms with van der Waals surface area (Å²) in [7, 11) is 0. The van der Waals surface area contributed by atoms with Crippen LogP contribution in [-0.4, -0.2) is 60.3 Å². The van der Waals surface area contributed by atoms with Gasteiger partial charge in [0.15, 0.2) is 0 Å². The molecule has 0 aromatic carbocycles. The third-order valence-electron chi connectivity index (χ3n) is 2.53.